The van der Waals surface area contributed by atoms with Crippen LogP contribution in [0.2, 0.25) is 0 Å². The predicted octanol–water partition coefficient (Wildman–Crippen LogP) is 2.77. The molecule has 0 saturated carbocycles. The number of hydrogen-bond donors (Lipinski definition) is 0. The van der Waals surface area contributed by atoms with Gasteiger partial charge in [-0.15, -0.1) is 0 Å². The van der Waals surface area contributed by atoms with Gasteiger partial charge in [-0.1, -0.05) is 30.3 Å². The number of ether oxygens (including phenoxy) is 2. The first kappa shape index (κ1) is 16.7. The van der Waals surface area contributed by atoms with E-state index in [0.29, 0.717) is 25.3 Å². The van der Waals surface area contributed by atoms with Crippen LogP contribution in [0.15, 0.2) is 53.3 Å². The van der Waals surface area contributed by atoms with Gasteiger partial charge in [0.1, 0.15) is 6.26 Å². The minimum atomic E-state index is 0.00234. The van der Waals surface area contributed by atoms with Gasteiger partial charge in [0.2, 0.25) is 0 Å². The fraction of sp³-hybridized carbons (Fsp3) is 0.421. The zero-order valence-corrected chi connectivity index (χ0v) is 13.9. The second-order valence-corrected chi connectivity index (χ2v) is 5.96. The summed E-state index contributed by atoms with van der Waals surface area (Å²) in [4.78, 5) is 14.7. The average molecular weight is 329 g/mol. The third kappa shape index (κ3) is 3.86. The van der Waals surface area contributed by atoms with Gasteiger partial charge in [0.15, 0.2) is 0 Å². The summed E-state index contributed by atoms with van der Waals surface area (Å²) in [6, 6.07) is 11.9. The van der Waals surface area contributed by atoms with Gasteiger partial charge in [-0.2, -0.15) is 0 Å². The molecule has 2 atom stereocenters. The molecule has 1 fully saturated rings. The van der Waals surface area contributed by atoms with Crippen LogP contribution < -0.4 is 0 Å². The van der Waals surface area contributed by atoms with Crippen molar-refractivity contribution in [3.8, 4) is 0 Å². The maximum Gasteiger partial charge on any atom is 0.257 e. The number of likely N-dealkylation sites (tertiary alicyclic amines) is 1. The SMILES string of the molecule is COCCO[C@H]1CCN(C(=O)c2ccoc2)[C@H]1Cc1ccccc1. The predicted molar refractivity (Wildman–Crippen MR) is 89.9 cm³/mol. The van der Waals surface area contributed by atoms with Crippen molar-refractivity contribution in [3.05, 3.63) is 60.1 Å². The molecule has 3 rings (SSSR count). The summed E-state index contributed by atoms with van der Waals surface area (Å²) in [6.07, 6.45) is 4.67. The molecule has 1 amide bonds. The molecule has 0 bridgehead atoms. The second kappa shape index (κ2) is 8.13. The van der Waals surface area contributed by atoms with E-state index >= 15 is 0 Å². The molecular weight excluding hydrogens is 306 g/mol. The number of hydrogen-bond acceptors (Lipinski definition) is 4. The number of methoxy groups -OCH3 is 1. The van der Waals surface area contributed by atoms with Crippen LogP contribution in [0.25, 0.3) is 0 Å². The number of furan rings is 1. The maximum absolute atomic E-state index is 12.8. The lowest BCUT2D eigenvalue weighted by molar-refractivity contribution is 0.000487. The van der Waals surface area contributed by atoms with Crippen molar-refractivity contribution in [1.29, 1.82) is 0 Å². The topological polar surface area (TPSA) is 51.9 Å². The lowest BCUT2D eigenvalue weighted by atomic mass is 10.0. The number of carbonyl (C=O) groups is 1. The summed E-state index contributed by atoms with van der Waals surface area (Å²) in [5.41, 5.74) is 1.79. The number of benzene rings is 1. The van der Waals surface area contributed by atoms with Crippen LogP contribution in [0.3, 0.4) is 0 Å². The van der Waals surface area contributed by atoms with E-state index in [-0.39, 0.29) is 18.1 Å². The molecule has 0 spiro atoms. The largest absolute Gasteiger partial charge is 0.472 e. The van der Waals surface area contributed by atoms with Gasteiger partial charge in [0.05, 0.1) is 37.2 Å². The first-order valence-corrected chi connectivity index (χ1v) is 8.27. The molecule has 2 heterocycles. The smallest absolute Gasteiger partial charge is 0.257 e. The Bertz CT molecular complexity index is 626. The standard InChI is InChI=1S/C19H23NO4/c1-22-11-12-24-18-7-9-20(19(21)16-8-10-23-14-16)17(18)13-15-5-3-2-4-6-15/h2-6,8,10,14,17-18H,7,9,11-13H2,1H3/t17-,18-/m0/s1. The molecule has 24 heavy (non-hydrogen) atoms. The summed E-state index contributed by atoms with van der Waals surface area (Å²) in [6.45, 7) is 1.80. The van der Waals surface area contributed by atoms with Crippen molar-refractivity contribution >= 4 is 5.91 Å². The summed E-state index contributed by atoms with van der Waals surface area (Å²) in [7, 11) is 1.66. The molecule has 1 aliphatic rings. The lowest BCUT2D eigenvalue weighted by Crippen LogP contribution is -2.42. The molecule has 1 saturated heterocycles. The van der Waals surface area contributed by atoms with Crippen molar-refractivity contribution < 1.29 is 18.7 Å². The lowest BCUT2D eigenvalue weighted by Gasteiger charge is -2.28. The molecule has 0 aliphatic carbocycles. The molecule has 0 radical (unpaired) electrons. The van der Waals surface area contributed by atoms with E-state index in [1.165, 1.54) is 18.1 Å². The van der Waals surface area contributed by atoms with E-state index in [1.54, 1.807) is 13.2 Å². The van der Waals surface area contributed by atoms with Crippen LogP contribution in [0, 0.1) is 0 Å². The highest BCUT2D eigenvalue weighted by atomic mass is 16.5. The maximum atomic E-state index is 12.8. The fourth-order valence-electron chi connectivity index (χ4n) is 3.20. The molecule has 5 heteroatoms. The minimum Gasteiger partial charge on any atom is -0.472 e. The van der Waals surface area contributed by atoms with Gasteiger partial charge in [-0.3, -0.25) is 4.79 Å². The Hall–Kier alpha value is -2.11. The zero-order valence-electron chi connectivity index (χ0n) is 13.9. The Morgan fingerprint density at radius 1 is 1.25 bits per heavy atom. The Labute approximate surface area is 142 Å². The minimum absolute atomic E-state index is 0.00234. The van der Waals surface area contributed by atoms with Crippen molar-refractivity contribution in [3.63, 3.8) is 0 Å². The molecule has 0 unspecified atom stereocenters. The van der Waals surface area contributed by atoms with E-state index in [1.807, 2.05) is 23.1 Å². The normalized spacial score (nSPS) is 20.5. The van der Waals surface area contributed by atoms with E-state index < -0.39 is 0 Å². The fourth-order valence-corrected chi connectivity index (χ4v) is 3.20. The first-order valence-electron chi connectivity index (χ1n) is 8.27. The molecular formula is C19H23NO4. The Morgan fingerprint density at radius 3 is 2.79 bits per heavy atom. The molecule has 0 N–H and O–H groups in total. The van der Waals surface area contributed by atoms with Crippen molar-refractivity contribution in [2.45, 2.75) is 25.0 Å². The van der Waals surface area contributed by atoms with E-state index in [2.05, 4.69) is 12.1 Å². The van der Waals surface area contributed by atoms with E-state index in [9.17, 15) is 4.79 Å². The molecule has 2 aromatic rings. The van der Waals surface area contributed by atoms with Crippen LogP contribution in [-0.4, -0.2) is 49.8 Å². The van der Waals surface area contributed by atoms with Gasteiger partial charge < -0.3 is 18.8 Å². The average Bonchev–Trinajstić information content (AvgIpc) is 3.26. The quantitative estimate of drug-likeness (QED) is 0.733. The number of nitrogens with zero attached hydrogens (tertiary/aromatic N) is 1. The summed E-state index contributed by atoms with van der Waals surface area (Å²) in [5.74, 6) is 0.00234. The van der Waals surface area contributed by atoms with Crippen LogP contribution in [-0.2, 0) is 15.9 Å². The Balaban J connectivity index is 1.75. The summed E-state index contributed by atoms with van der Waals surface area (Å²) < 4.78 is 16.1. The van der Waals surface area contributed by atoms with Gasteiger partial charge in [0, 0.05) is 13.7 Å². The van der Waals surface area contributed by atoms with Crippen LogP contribution >= 0.6 is 0 Å². The number of amides is 1. The third-order valence-corrected chi connectivity index (χ3v) is 4.42. The van der Waals surface area contributed by atoms with Crippen molar-refractivity contribution in [2.24, 2.45) is 0 Å². The van der Waals surface area contributed by atoms with Crippen molar-refractivity contribution in [1.82, 2.24) is 4.90 Å². The highest BCUT2D eigenvalue weighted by Crippen LogP contribution is 2.26. The van der Waals surface area contributed by atoms with E-state index in [4.69, 9.17) is 13.9 Å². The van der Waals surface area contributed by atoms with Crippen LogP contribution in [0.1, 0.15) is 22.3 Å². The van der Waals surface area contributed by atoms with Crippen LogP contribution in [0.5, 0.6) is 0 Å². The van der Waals surface area contributed by atoms with Crippen molar-refractivity contribution in [2.75, 3.05) is 26.9 Å². The number of rotatable bonds is 7. The monoisotopic (exact) mass is 329 g/mol. The van der Waals surface area contributed by atoms with Gasteiger partial charge in [-0.25, -0.2) is 0 Å². The van der Waals surface area contributed by atoms with Gasteiger partial charge >= 0.3 is 0 Å². The second-order valence-electron chi connectivity index (χ2n) is 5.96. The molecule has 128 valence electrons. The first-order chi connectivity index (χ1) is 11.8. The van der Waals surface area contributed by atoms with E-state index in [0.717, 1.165) is 12.8 Å². The Morgan fingerprint density at radius 2 is 2.08 bits per heavy atom. The highest BCUT2D eigenvalue weighted by Gasteiger charge is 2.38. The molecule has 1 aromatic carbocycles. The third-order valence-electron chi connectivity index (χ3n) is 4.42. The zero-order chi connectivity index (χ0) is 16.8. The highest BCUT2D eigenvalue weighted by molar-refractivity contribution is 5.94. The summed E-state index contributed by atoms with van der Waals surface area (Å²) >= 11 is 0. The molecule has 1 aliphatic heterocycles. The molecule has 5 nitrogen and oxygen atoms in total. The summed E-state index contributed by atoms with van der Waals surface area (Å²) in [5, 5.41) is 0. The van der Waals surface area contributed by atoms with Gasteiger partial charge in [0.25, 0.3) is 5.91 Å². The van der Waals surface area contributed by atoms with Gasteiger partial charge in [-0.05, 0) is 24.5 Å². The molecule has 1 aromatic heterocycles. The number of carbonyl (C=O) groups excluding carboxylic acids is 1. The Kier molecular flexibility index (Phi) is 5.67. The van der Waals surface area contributed by atoms with Crippen LogP contribution in [0.4, 0.5) is 0 Å².